The molecule has 0 aromatic carbocycles. The zero-order chi connectivity index (χ0) is 6.69. The predicted molar refractivity (Wildman–Crippen MR) is 33.2 cm³/mol. The van der Waals surface area contributed by atoms with Crippen LogP contribution in [0.5, 0.6) is 0 Å². The molecule has 2 nitrogen and oxygen atoms in total. The van der Waals surface area contributed by atoms with Gasteiger partial charge in [0.05, 0.1) is 0 Å². The van der Waals surface area contributed by atoms with E-state index >= 15 is 0 Å². The number of halogens is 1. The molecule has 0 aromatic rings. The van der Waals surface area contributed by atoms with Gasteiger partial charge in [0, 0.05) is 13.7 Å². The van der Waals surface area contributed by atoms with Crippen molar-refractivity contribution in [2.24, 2.45) is 0 Å². The number of piperidine rings is 1. The summed E-state index contributed by atoms with van der Waals surface area (Å²) in [7, 11) is 1.55. The Labute approximate surface area is 54.4 Å². The first-order chi connectivity index (χ1) is 4.34. The summed E-state index contributed by atoms with van der Waals surface area (Å²) in [4.78, 5) is 0. The fourth-order valence-electron chi connectivity index (χ4n) is 1.03. The molecule has 0 aromatic heterocycles. The van der Waals surface area contributed by atoms with Gasteiger partial charge < -0.3 is 10.1 Å². The molecule has 1 heterocycles. The summed E-state index contributed by atoms with van der Waals surface area (Å²) in [6.45, 7) is 1.43. The van der Waals surface area contributed by atoms with E-state index in [4.69, 9.17) is 4.74 Å². The van der Waals surface area contributed by atoms with Gasteiger partial charge in [-0.05, 0) is 13.0 Å². The maximum Gasteiger partial charge on any atom is 0.129 e. The Hall–Kier alpha value is -0.150. The van der Waals surface area contributed by atoms with Crippen LogP contribution in [0.25, 0.3) is 0 Å². The molecule has 9 heavy (non-hydrogen) atoms. The van der Waals surface area contributed by atoms with Crippen molar-refractivity contribution in [3.8, 4) is 0 Å². The topological polar surface area (TPSA) is 21.3 Å². The predicted octanol–water partition coefficient (Wildman–Crippen LogP) is 0.333. The molecule has 0 saturated carbocycles. The fraction of sp³-hybridized carbons (Fsp3) is 1.00. The molecule has 0 radical (unpaired) electrons. The standard InChI is InChI=1S/C6H12FNO/c1-9-6-4-8-3-2-5(6)7/h5-6,8H,2-4H2,1H3/t5-,6-/m0/s1. The van der Waals surface area contributed by atoms with Crippen molar-refractivity contribution in [3.63, 3.8) is 0 Å². The molecular formula is C6H12FNO. The van der Waals surface area contributed by atoms with Gasteiger partial charge in [0.15, 0.2) is 0 Å². The first-order valence-corrected chi connectivity index (χ1v) is 3.22. The lowest BCUT2D eigenvalue weighted by Crippen LogP contribution is -2.42. The van der Waals surface area contributed by atoms with Gasteiger partial charge in [-0.15, -0.1) is 0 Å². The van der Waals surface area contributed by atoms with Crippen LogP contribution in [-0.4, -0.2) is 32.5 Å². The van der Waals surface area contributed by atoms with Crippen molar-refractivity contribution in [2.45, 2.75) is 18.7 Å². The van der Waals surface area contributed by atoms with Crippen LogP contribution in [0.1, 0.15) is 6.42 Å². The van der Waals surface area contributed by atoms with Gasteiger partial charge in [0.25, 0.3) is 0 Å². The smallest absolute Gasteiger partial charge is 0.129 e. The van der Waals surface area contributed by atoms with Gasteiger partial charge in [-0.25, -0.2) is 4.39 Å². The van der Waals surface area contributed by atoms with Gasteiger partial charge in [-0.1, -0.05) is 0 Å². The summed E-state index contributed by atoms with van der Waals surface area (Å²) in [6.07, 6.45) is -0.409. The van der Waals surface area contributed by atoms with Crippen molar-refractivity contribution in [2.75, 3.05) is 20.2 Å². The highest BCUT2D eigenvalue weighted by atomic mass is 19.1. The molecule has 3 heteroatoms. The average Bonchev–Trinajstić information content (AvgIpc) is 1.89. The van der Waals surface area contributed by atoms with Crippen molar-refractivity contribution in [1.29, 1.82) is 0 Å². The summed E-state index contributed by atoms with van der Waals surface area (Å²) in [5.41, 5.74) is 0. The molecule has 54 valence electrons. The summed E-state index contributed by atoms with van der Waals surface area (Å²) in [6, 6.07) is 0. The van der Waals surface area contributed by atoms with E-state index in [2.05, 4.69) is 5.32 Å². The van der Waals surface area contributed by atoms with Gasteiger partial charge >= 0.3 is 0 Å². The van der Waals surface area contributed by atoms with E-state index in [9.17, 15) is 4.39 Å². The highest BCUT2D eigenvalue weighted by Gasteiger charge is 2.23. The molecule has 1 fully saturated rings. The maximum atomic E-state index is 12.7. The fourth-order valence-corrected chi connectivity index (χ4v) is 1.03. The molecule has 0 bridgehead atoms. The third-order valence-corrected chi connectivity index (χ3v) is 1.65. The quantitative estimate of drug-likeness (QED) is 0.556. The lowest BCUT2D eigenvalue weighted by molar-refractivity contribution is 0.0154. The third kappa shape index (κ3) is 1.63. The zero-order valence-electron chi connectivity index (χ0n) is 5.56. The Kier molecular flexibility index (Phi) is 2.42. The van der Waals surface area contributed by atoms with Gasteiger partial charge in [0.2, 0.25) is 0 Å². The normalized spacial score (nSPS) is 36.7. The monoisotopic (exact) mass is 133 g/mol. The van der Waals surface area contributed by atoms with E-state index < -0.39 is 6.17 Å². The van der Waals surface area contributed by atoms with Crippen molar-refractivity contribution < 1.29 is 9.13 Å². The summed E-state index contributed by atoms with van der Waals surface area (Å²) in [5, 5.41) is 3.05. The molecule has 2 atom stereocenters. The van der Waals surface area contributed by atoms with Gasteiger partial charge in [-0.3, -0.25) is 0 Å². The molecule has 1 aliphatic rings. The van der Waals surface area contributed by atoms with Crippen molar-refractivity contribution in [3.05, 3.63) is 0 Å². The Balaban J connectivity index is 2.30. The minimum Gasteiger partial charge on any atom is -0.377 e. The molecule has 0 aliphatic carbocycles. The van der Waals surface area contributed by atoms with E-state index in [-0.39, 0.29) is 6.10 Å². The average molecular weight is 133 g/mol. The van der Waals surface area contributed by atoms with E-state index in [1.54, 1.807) is 7.11 Å². The summed E-state index contributed by atoms with van der Waals surface area (Å²) < 4.78 is 17.5. The van der Waals surface area contributed by atoms with Crippen molar-refractivity contribution in [1.82, 2.24) is 5.32 Å². The highest BCUT2D eigenvalue weighted by molar-refractivity contribution is 4.77. The van der Waals surface area contributed by atoms with E-state index in [1.807, 2.05) is 0 Å². The van der Waals surface area contributed by atoms with Crippen LogP contribution in [0.3, 0.4) is 0 Å². The minimum absolute atomic E-state index is 0.223. The van der Waals surface area contributed by atoms with Crippen LogP contribution >= 0.6 is 0 Å². The van der Waals surface area contributed by atoms with Crippen LogP contribution < -0.4 is 5.32 Å². The number of ether oxygens (including phenoxy) is 1. The molecule has 0 spiro atoms. The van der Waals surface area contributed by atoms with Crippen LogP contribution in [-0.2, 0) is 4.74 Å². The molecule has 0 amide bonds. The van der Waals surface area contributed by atoms with Crippen molar-refractivity contribution >= 4 is 0 Å². The van der Waals surface area contributed by atoms with Crippen LogP contribution in [0.2, 0.25) is 0 Å². The van der Waals surface area contributed by atoms with Gasteiger partial charge in [0.1, 0.15) is 12.3 Å². The zero-order valence-corrected chi connectivity index (χ0v) is 5.56. The summed E-state index contributed by atoms with van der Waals surface area (Å²) in [5.74, 6) is 0. The van der Waals surface area contributed by atoms with E-state index in [1.165, 1.54) is 0 Å². The SMILES string of the molecule is CO[C@H]1CNCC[C@@H]1F. The van der Waals surface area contributed by atoms with Crippen LogP contribution in [0, 0.1) is 0 Å². The Morgan fingerprint density at radius 2 is 2.44 bits per heavy atom. The van der Waals surface area contributed by atoms with Crippen LogP contribution in [0.15, 0.2) is 0 Å². The second kappa shape index (κ2) is 3.13. The molecule has 1 aliphatic heterocycles. The lowest BCUT2D eigenvalue weighted by Gasteiger charge is -2.24. The number of hydrogen-bond acceptors (Lipinski definition) is 2. The largest absolute Gasteiger partial charge is 0.377 e. The van der Waals surface area contributed by atoms with Crippen LogP contribution in [0.4, 0.5) is 4.39 Å². The molecule has 1 N–H and O–H groups in total. The molecular weight excluding hydrogens is 121 g/mol. The number of methoxy groups -OCH3 is 1. The maximum absolute atomic E-state index is 12.7. The molecule has 0 unspecified atom stereocenters. The Morgan fingerprint density at radius 3 is 2.89 bits per heavy atom. The summed E-state index contributed by atoms with van der Waals surface area (Å²) >= 11 is 0. The lowest BCUT2D eigenvalue weighted by atomic mass is 10.1. The number of hydrogen-bond donors (Lipinski definition) is 1. The minimum atomic E-state index is -0.767. The highest BCUT2D eigenvalue weighted by Crippen LogP contribution is 2.09. The number of nitrogens with one attached hydrogen (secondary N) is 1. The van der Waals surface area contributed by atoms with Gasteiger partial charge in [-0.2, -0.15) is 0 Å². The first-order valence-electron chi connectivity index (χ1n) is 3.22. The second-order valence-corrected chi connectivity index (χ2v) is 2.28. The number of alkyl halides is 1. The Bertz CT molecular complexity index is 89.1. The first kappa shape index (κ1) is 6.96. The van der Waals surface area contributed by atoms with E-state index in [0.29, 0.717) is 13.0 Å². The third-order valence-electron chi connectivity index (χ3n) is 1.65. The molecule has 1 saturated heterocycles. The molecule has 1 rings (SSSR count). The second-order valence-electron chi connectivity index (χ2n) is 2.28. The number of rotatable bonds is 1. The Morgan fingerprint density at radius 1 is 1.67 bits per heavy atom. The van der Waals surface area contributed by atoms with E-state index in [0.717, 1.165) is 6.54 Å².